The van der Waals surface area contributed by atoms with Crippen molar-refractivity contribution in [2.24, 2.45) is 0 Å². The van der Waals surface area contributed by atoms with Gasteiger partial charge in [0, 0.05) is 16.2 Å². The maximum atomic E-state index is 5.73. The molecule has 236 valence electrons. The summed E-state index contributed by atoms with van der Waals surface area (Å²) in [6.45, 7) is 13.3. The number of furan rings is 1. The molecule has 0 aliphatic heterocycles. The molecule has 9 rings (SSSR count). The second kappa shape index (κ2) is 12.7. The molecule has 0 bridgehead atoms. The molecule has 1 heteroatoms. The maximum absolute atomic E-state index is 5.73. The molecule has 0 spiro atoms. The third-order valence-corrected chi connectivity index (χ3v) is 9.79. The zero-order valence-corrected chi connectivity index (χ0v) is 28.8. The van der Waals surface area contributed by atoms with E-state index in [2.05, 4.69) is 139 Å². The molecule has 0 fully saturated rings. The van der Waals surface area contributed by atoms with E-state index < -0.39 is 0 Å². The lowest BCUT2D eigenvalue weighted by Crippen LogP contribution is -2.15. The lowest BCUT2D eigenvalue weighted by atomic mass is 9.80. The van der Waals surface area contributed by atoms with Crippen LogP contribution in [-0.2, 0) is 5.41 Å². The van der Waals surface area contributed by atoms with Gasteiger partial charge >= 0.3 is 0 Å². The topological polar surface area (TPSA) is 13.1 Å². The van der Waals surface area contributed by atoms with E-state index in [0.717, 1.165) is 11.2 Å². The van der Waals surface area contributed by atoms with Crippen LogP contribution in [0, 0.1) is 27.7 Å². The van der Waals surface area contributed by atoms with E-state index in [0.29, 0.717) is 0 Å². The summed E-state index contributed by atoms with van der Waals surface area (Å²) in [6.07, 6.45) is 0. The summed E-state index contributed by atoms with van der Waals surface area (Å²) in [5, 5.41) is 5.19. The van der Waals surface area contributed by atoms with Crippen molar-refractivity contribution in [1.29, 1.82) is 0 Å². The fraction of sp³-hybridized carbons (Fsp3) is 0.149. The average Bonchev–Trinajstić information content (AvgIpc) is 3.59. The second-order valence-corrected chi connectivity index (χ2v) is 13.6. The molecule has 1 nitrogen and oxygen atoms in total. The van der Waals surface area contributed by atoms with Gasteiger partial charge < -0.3 is 4.42 Å². The van der Waals surface area contributed by atoms with Crippen molar-refractivity contribution in [1.82, 2.24) is 0 Å². The van der Waals surface area contributed by atoms with Crippen LogP contribution in [0.25, 0.3) is 55.0 Å². The van der Waals surface area contributed by atoms with Crippen molar-refractivity contribution in [2.45, 2.75) is 47.0 Å². The predicted molar refractivity (Wildman–Crippen MR) is 206 cm³/mol. The van der Waals surface area contributed by atoms with Gasteiger partial charge in [0.05, 0.1) is 0 Å². The predicted octanol–water partition coefficient (Wildman–Crippen LogP) is 13.3. The number of aryl methyl sites for hydroxylation is 4. The van der Waals surface area contributed by atoms with Gasteiger partial charge in [-0.25, -0.2) is 0 Å². The Morgan fingerprint density at radius 2 is 1.06 bits per heavy atom. The standard InChI is InChI=1S/C27H24.C13H10O.C7H8/c1-17-8-7-9-19(14-17)20-12-13-23-24(16-20)27(3,4)25-15-18(2)21-10-5-6-11-22(21)26(23)25;1-9-5-4-8-12-13(9)10-6-2-3-7-11(10)14-12;1-7-5-3-2-4-6-7/h5-16H,1-4H3;2-8H,1H3;2-6H,1H3. The van der Waals surface area contributed by atoms with E-state index in [-0.39, 0.29) is 5.41 Å². The average molecular weight is 623 g/mol. The van der Waals surface area contributed by atoms with Crippen molar-refractivity contribution in [3.05, 3.63) is 179 Å². The van der Waals surface area contributed by atoms with Crippen LogP contribution < -0.4 is 0 Å². The minimum atomic E-state index is 0.0132. The van der Waals surface area contributed by atoms with Gasteiger partial charge in [-0.15, -0.1) is 0 Å². The van der Waals surface area contributed by atoms with Crippen LogP contribution in [0.1, 0.15) is 47.2 Å². The van der Waals surface area contributed by atoms with Gasteiger partial charge in [-0.2, -0.15) is 0 Å². The monoisotopic (exact) mass is 622 g/mol. The Morgan fingerprint density at radius 3 is 1.79 bits per heavy atom. The minimum Gasteiger partial charge on any atom is -0.456 e. The van der Waals surface area contributed by atoms with E-state index in [1.807, 2.05) is 48.5 Å². The highest BCUT2D eigenvalue weighted by atomic mass is 16.3. The number of benzene rings is 7. The Hall–Kier alpha value is -5.40. The first kappa shape index (κ1) is 31.2. The number of hydrogen-bond donors (Lipinski definition) is 0. The molecule has 0 saturated carbocycles. The van der Waals surface area contributed by atoms with E-state index >= 15 is 0 Å². The number of fused-ring (bicyclic) bond motifs is 8. The molecule has 0 unspecified atom stereocenters. The summed E-state index contributed by atoms with van der Waals surface area (Å²) < 4.78 is 5.73. The number of rotatable bonds is 1. The van der Waals surface area contributed by atoms with E-state index in [9.17, 15) is 0 Å². The van der Waals surface area contributed by atoms with Crippen LogP contribution in [-0.4, -0.2) is 0 Å². The van der Waals surface area contributed by atoms with Gasteiger partial charge in [-0.3, -0.25) is 0 Å². The van der Waals surface area contributed by atoms with Gasteiger partial charge in [0.15, 0.2) is 0 Å². The Morgan fingerprint density at radius 1 is 0.438 bits per heavy atom. The molecule has 1 aliphatic carbocycles. The summed E-state index contributed by atoms with van der Waals surface area (Å²) in [4.78, 5) is 0. The Balaban J connectivity index is 0.000000143. The molecule has 0 amide bonds. The highest BCUT2D eigenvalue weighted by Gasteiger charge is 2.37. The Labute approximate surface area is 284 Å². The summed E-state index contributed by atoms with van der Waals surface area (Å²) in [5.74, 6) is 0. The van der Waals surface area contributed by atoms with Crippen LogP contribution in [0.5, 0.6) is 0 Å². The van der Waals surface area contributed by atoms with Crippen LogP contribution in [0.15, 0.2) is 150 Å². The van der Waals surface area contributed by atoms with Crippen LogP contribution in [0.3, 0.4) is 0 Å². The first-order chi connectivity index (χ1) is 23.2. The summed E-state index contributed by atoms with van der Waals surface area (Å²) in [6, 6.07) is 51.6. The molecule has 1 aromatic heterocycles. The molecule has 1 aliphatic rings. The van der Waals surface area contributed by atoms with Crippen molar-refractivity contribution < 1.29 is 4.42 Å². The first-order valence-corrected chi connectivity index (χ1v) is 16.9. The Bertz CT molecular complexity index is 2410. The molecular weight excluding hydrogens is 581 g/mol. The number of para-hydroxylation sites is 1. The van der Waals surface area contributed by atoms with Gasteiger partial charge in [0.25, 0.3) is 0 Å². The first-order valence-electron chi connectivity index (χ1n) is 16.9. The van der Waals surface area contributed by atoms with Crippen molar-refractivity contribution in [3.8, 4) is 22.3 Å². The lowest BCUT2D eigenvalue weighted by Gasteiger charge is -2.23. The summed E-state index contributed by atoms with van der Waals surface area (Å²) in [7, 11) is 0. The van der Waals surface area contributed by atoms with Crippen LogP contribution in [0.4, 0.5) is 0 Å². The van der Waals surface area contributed by atoms with E-state index in [4.69, 9.17) is 4.42 Å². The fourth-order valence-corrected chi connectivity index (χ4v) is 7.25. The molecular formula is C47H42O. The second-order valence-electron chi connectivity index (χ2n) is 13.6. The third-order valence-electron chi connectivity index (χ3n) is 9.79. The largest absolute Gasteiger partial charge is 0.456 e. The van der Waals surface area contributed by atoms with E-state index in [1.165, 1.54) is 77.2 Å². The highest BCUT2D eigenvalue weighted by molar-refractivity contribution is 6.06. The molecule has 0 N–H and O–H groups in total. The van der Waals surface area contributed by atoms with Crippen LogP contribution >= 0.6 is 0 Å². The van der Waals surface area contributed by atoms with E-state index in [1.54, 1.807) is 0 Å². The minimum absolute atomic E-state index is 0.0132. The van der Waals surface area contributed by atoms with Gasteiger partial charge in [-0.1, -0.05) is 152 Å². The summed E-state index contributed by atoms with van der Waals surface area (Å²) in [5.41, 5.74) is 15.5. The zero-order chi connectivity index (χ0) is 33.4. The quantitative estimate of drug-likeness (QED) is 0.177. The van der Waals surface area contributed by atoms with Gasteiger partial charge in [-0.05, 0) is 101 Å². The highest BCUT2D eigenvalue weighted by Crippen LogP contribution is 2.52. The van der Waals surface area contributed by atoms with Gasteiger partial charge in [0.1, 0.15) is 11.2 Å². The SMILES string of the molecule is Cc1cccc(-c2ccc3c(c2)C(C)(C)c2cc(C)c4ccccc4c2-3)c1.Cc1cccc2oc3ccccc3c12.Cc1ccccc1. The lowest BCUT2D eigenvalue weighted by molar-refractivity contribution is 0.660. The van der Waals surface area contributed by atoms with Crippen molar-refractivity contribution in [3.63, 3.8) is 0 Å². The molecule has 1 heterocycles. The molecule has 0 atom stereocenters. The number of hydrogen-bond acceptors (Lipinski definition) is 1. The van der Waals surface area contributed by atoms with Crippen LogP contribution in [0.2, 0.25) is 0 Å². The third kappa shape index (κ3) is 5.71. The molecule has 0 radical (unpaired) electrons. The molecule has 7 aromatic carbocycles. The molecule has 48 heavy (non-hydrogen) atoms. The summed E-state index contributed by atoms with van der Waals surface area (Å²) >= 11 is 0. The maximum Gasteiger partial charge on any atom is 0.135 e. The molecule has 8 aromatic rings. The fourth-order valence-electron chi connectivity index (χ4n) is 7.25. The molecule has 0 saturated heterocycles. The smallest absolute Gasteiger partial charge is 0.135 e. The van der Waals surface area contributed by atoms with Gasteiger partial charge in [0.2, 0.25) is 0 Å². The van der Waals surface area contributed by atoms with Crippen molar-refractivity contribution in [2.75, 3.05) is 0 Å². The zero-order valence-electron chi connectivity index (χ0n) is 28.8. The van der Waals surface area contributed by atoms with Crippen molar-refractivity contribution >= 4 is 32.7 Å². The normalized spacial score (nSPS) is 12.5. The Kier molecular flexibility index (Phi) is 8.23.